The summed E-state index contributed by atoms with van der Waals surface area (Å²) in [5.74, 6) is 1.61. The Hall–Kier alpha value is -1.81. The van der Waals surface area contributed by atoms with E-state index in [1.807, 2.05) is 6.92 Å². The molecule has 112 valence electrons. The Labute approximate surface area is 126 Å². The van der Waals surface area contributed by atoms with E-state index in [1.165, 1.54) is 43.6 Å². The number of anilines is 1. The van der Waals surface area contributed by atoms with E-state index in [9.17, 15) is 0 Å². The molecule has 0 atom stereocenters. The molecular formula is C17H23N3O. The lowest BCUT2D eigenvalue weighted by Crippen LogP contribution is -2.29. The lowest BCUT2D eigenvalue weighted by Gasteiger charge is -2.28. The highest BCUT2D eigenvalue weighted by atomic mass is 16.4. The van der Waals surface area contributed by atoms with Crippen LogP contribution in [0.15, 0.2) is 34.9 Å². The zero-order valence-electron chi connectivity index (χ0n) is 12.6. The first kappa shape index (κ1) is 14.1. The van der Waals surface area contributed by atoms with Crippen molar-refractivity contribution in [2.75, 3.05) is 18.0 Å². The Kier molecular flexibility index (Phi) is 4.55. The smallest absolute Gasteiger partial charge is 0.208 e. The maximum atomic E-state index is 5.44. The molecule has 2 aromatic rings. The molecular weight excluding hydrogens is 262 g/mol. The molecule has 1 aromatic carbocycles. The Morgan fingerprint density at radius 2 is 1.86 bits per heavy atom. The van der Waals surface area contributed by atoms with Crippen LogP contribution in [0.2, 0.25) is 0 Å². The molecule has 3 rings (SSSR count). The van der Waals surface area contributed by atoms with E-state index in [0.29, 0.717) is 6.54 Å². The van der Waals surface area contributed by atoms with Crippen LogP contribution in [0.1, 0.15) is 36.5 Å². The Bertz CT molecular complexity index is 556. The van der Waals surface area contributed by atoms with Crippen molar-refractivity contribution in [3.63, 3.8) is 0 Å². The van der Waals surface area contributed by atoms with Crippen molar-refractivity contribution in [1.29, 1.82) is 0 Å². The summed E-state index contributed by atoms with van der Waals surface area (Å²) in [6.45, 7) is 5.81. The van der Waals surface area contributed by atoms with E-state index in [-0.39, 0.29) is 0 Å². The van der Waals surface area contributed by atoms with Gasteiger partial charge < -0.3 is 14.6 Å². The predicted molar refractivity (Wildman–Crippen MR) is 84.3 cm³/mol. The van der Waals surface area contributed by atoms with Crippen molar-refractivity contribution in [2.24, 2.45) is 0 Å². The van der Waals surface area contributed by atoms with Crippen LogP contribution in [0.25, 0.3) is 0 Å². The minimum absolute atomic E-state index is 0.668. The number of hydrogen-bond acceptors (Lipinski definition) is 4. The van der Waals surface area contributed by atoms with Gasteiger partial charge in [-0.25, -0.2) is 4.98 Å². The van der Waals surface area contributed by atoms with Gasteiger partial charge in [0.25, 0.3) is 0 Å². The molecule has 1 aliphatic heterocycles. The normalized spacial score (nSPS) is 15.4. The first-order valence-electron chi connectivity index (χ1n) is 7.77. The molecule has 1 N–H and O–H groups in total. The summed E-state index contributed by atoms with van der Waals surface area (Å²) in [6, 6.07) is 8.88. The van der Waals surface area contributed by atoms with Crippen LogP contribution in [0.3, 0.4) is 0 Å². The van der Waals surface area contributed by atoms with Gasteiger partial charge in [-0.2, -0.15) is 0 Å². The van der Waals surface area contributed by atoms with Gasteiger partial charge in [-0.15, -0.1) is 0 Å². The number of oxazole rings is 1. The first-order valence-corrected chi connectivity index (χ1v) is 7.77. The maximum Gasteiger partial charge on any atom is 0.208 e. The number of hydrogen-bond donors (Lipinski definition) is 1. The van der Waals surface area contributed by atoms with Gasteiger partial charge in [-0.05, 0) is 43.9 Å². The van der Waals surface area contributed by atoms with Gasteiger partial charge >= 0.3 is 0 Å². The zero-order valence-corrected chi connectivity index (χ0v) is 12.6. The van der Waals surface area contributed by atoms with E-state index in [1.54, 1.807) is 6.20 Å². The summed E-state index contributed by atoms with van der Waals surface area (Å²) < 4.78 is 5.44. The van der Waals surface area contributed by atoms with E-state index >= 15 is 0 Å². The van der Waals surface area contributed by atoms with Gasteiger partial charge in [0.05, 0.1) is 12.7 Å². The molecule has 1 saturated heterocycles. The number of rotatable bonds is 5. The minimum Gasteiger partial charge on any atom is -0.445 e. The molecule has 0 aliphatic carbocycles. The molecule has 0 saturated carbocycles. The summed E-state index contributed by atoms with van der Waals surface area (Å²) in [6.07, 6.45) is 5.76. The quantitative estimate of drug-likeness (QED) is 0.915. The van der Waals surface area contributed by atoms with Crippen LogP contribution in [0.5, 0.6) is 0 Å². The van der Waals surface area contributed by atoms with Crippen molar-refractivity contribution in [2.45, 2.75) is 39.3 Å². The zero-order chi connectivity index (χ0) is 14.5. The standard InChI is InChI=1S/C17H23N3O/c1-14-11-19-17(21-14)13-18-12-15-5-7-16(8-6-15)20-9-3-2-4-10-20/h5-8,11,18H,2-4,9-10,12-13H2,1H3. The van der Waals surface area contributed by atoms with Crippen LogP contribution in [0, 0.1) is 6.92 Å². The molecule has 0 radical (unpaired) electrons. The average molecular weight is 285 g/mol. The second-order valence-electron chi connectivity index (χ2n) is 5.68. The number of aryl methyl sites for hydroxylation is 1. The third kappa shape index (κ3) is 3.85. The van der Waals surface area contributed by atoms with Gasteiger partial charge in [0.15, 0.2) is 0 Å². The molecule has 4 nitrogen and oxygen atoms in total. The van der Waals surface area contributed by atoms with Crippen molar-refractivity contribution < 1.29 is 4.42 Å². The fraction of sp³-hybridized carbons (Fsp3) is 0.471. The molecule has 0 bridgehead atoms. The third-order valence-electron chi connectivity index (χ3n) is 3.93. The summed E-state index contributed by atoms with van der Waals surface area (Å²) >= 11 is 0. The molecule has 1 fully saturated rings. The first-order chi connectivity index (χ1) is 10.3. The van der Waals surface area contributed by atoms with Gasteiger partial charge in [-0.1, -0.05) is 12.1 Å². The topological polar surface area (TPSA) is 41.3 Å². The molecule has 2 heterocycles. The Morgan fingerprint density at radius 1 is 1.10 bits per heavy atom. The van der Waals surface area contributed by atoms with Crippen LogP contribution in [-0.4, -0.2) is 18.1 Å². The van der Waals surface area contributed by atoms with E-state index in [0.717, 1.165) is 18.2 Å². The maximum absolute atomic E-state index is 5.44. The highest BCUT2D eigenvalue weighted by Gasteiger charge is 2.10. The molecule has 21 heavy (non-hydrogen) atoms. The lowest BCUT2D eigenvalue weighted by atomic mass is 10.1. The number of aromatic nitrogens is 1. The number of piperidine rings is 1. The van der Waals surface area contributed by atoms with Crippen LogP contribution < -0.4 is 10.2 Å². The Balaban J connectivity index is 1.49. The van der Waals surface area contributed by atoms with Crippen molar-refractivity contribution in [3.05, 3.63) is 47.7 Å². The second kappa shape index (κ2) is 6.76. The second-order valence-corrected chi connectivity index (χ2v) is 5.68. The SMILES string of the molecule is Cc1cnc(CNCc2ccc(N3CCCCC3)cc2)o1. The van der Waals surface area contributed by atoms with Gasteiger partial charge in [-0.3, -0.25) is 0 Å². The number of benzene rings is 1. The fourth-order valence-electron chi connectivity index (χ4n) is 2.77. The van der Waals surface area contributed by atoms with Gasteiger partial charge in [0, 0.05) is 25.3 Å². The van der Waals surface area contributed by atoms with Crippen LogP contribution >= 0.6 is 0 Å². The number of nitrogens with one attached hydrogen (secondary N) is 1. The number of nitrogens with zero attached hydrogens (tertiary/aromatic N) is 2. The van der Waals surface area contributed by atoms with Gasteiger partial charge in [0.1, 0.15) is 5.76 Å². The highest BCUT2D eigenvalue weighted by molar-refractivity contribution is 5.47. The average Bonchev–Trinajstić information content (AvgIpc) is 2.94. The van der Waals surface area contributed by atoms with Gasteiger partial charge in [0.2, 0.25) is 5.89 Å². The highest BCUT2D eigenvalue weighted by Crippen LogP contribution is 2.20. The summed E-state index contributed by atoms with van der Waals surface area (Å²) in [4.78, 5) is 6.67. The van der Waals surface area contributed by atoms with Crippen molar-refractivity contribution >= 4 is 5.69 Å². The predicted octanol–water partition coefficient (Wildman–Crippen LogP) is 3.26. The fourth-order valence-corrected chi connectivity index (χ4v) is 2.77. The van der Waals surface area contributed by atoms with Crippen LogP contribution in [0.4, 0.5) is 5.69 Å². The third-order valence-corrected chi connectivity index (χ3v) is 3.93. The molecule has 1 aliphatic rings. The van der Waals surface area contributed by atoms with Crippen molar-refractivity contribution in [1.82, 2.24) is 10.3 Å². The van der Waals surface area contributed by atoms with E-state index in [4.69, 9.17) is 4.42 Å². The van der Waals surface area contributed by atoms with E-state index in [2.05, 4.69) is 39.5 Å². The molecule has 0 unspecified atom stereocenters. The monoisotopic (exact) mass is 285 g/mol. The lowest BCUT2D eigenvalue weighted by molar-refractivity contribution is 0.449. The molecule has 0 amide bonds. The van der Waals surface area contributed by atoms with Crippen LogP contribution in [-0.2, 0) is 13.1 Å². The summed E-state index contributed by atoms with van der Waals surface area (Å²) in [5.41, 5.74) is 2.64. The summed E-state index contributed by atoms with van der Waals surface area (Å²) in [5, 5.41) is 3.36. The Morgan fingerprint density at radius 3 is 2.52 bits per heavy atom. The largest absolute Gasteiger partial charge is 0.445 e. The molecule has 0 spiro atoms. The minimum atomic E-state index is 0.668. The summed E-state index contributed by atoms with van der Waals surface area (Å²) in [7, 11) is 0. The molecule has 4 heteroatoms. The van der Waals surface area contributed by atoms with Crippen molar-refractivity contribution in [3.8, 4) is 0 Å². The van der Waals surface area contributed by atoms with E-state index < -0.39 is 0 Å². The molecule has 1 aromatic heterocycles.